The van der Waals surface area contributed by atoms with Crippen LogP contribution in [0.3, 0.4) is 0 Å². The molecule has 2 atom stereocenters. The molecule has 0 radical (unpaired) electrons. The van der Waals surface area contributed by atoms with Gasteiger partial charge in [0.25, 0.3) is 0 Å². The highest BCUT2D eigenvalue weighted by molar-refractivity contribution is 6.05. The number of fused-ring (bicyclic) bond motifs is 1. The van der Waals surface area contributed by atoms with Crippen LogP contribution in [-0.2, 0) is 16.1 Å². The number of allylic oxidation sites excluding steroid dienone is 2. The van der Waals surface area contributed by atoms with Crippen molar-refractivity contribution in [3.8, 4) is 0 Å². The number of carbonyl (C=O) groups excluding carboxylic acids is 3. The lowest BCUT2D eigenvalue weighted by Gasteiger charge is -2.14. The van der Waals surface area contributed by atoms with E-state index in [0.717, 1.165) is 5.56 Å². The Morgan fingerprint density at radius 1 is 1.05 bits per heavy atom. The van der Waals surface area contributed by atoms with Crippen molar-refractivity contribution in [1.82, 2.24) is 4.90 Å². The summed E-state index contributed by atoms with van der Waals surface area (Å²) < 4.78 is 0. The topological polar surface area (TPSA) is 80.5 Å². The van der Waals surface area contributed by atoms with E-state index in [9.17, 15) is 14.4 Å². The third-order valence-corrected chi connectivity index (χ3v) is 4.18. The predicted octanol–water partition coefficient (Wildman–Crippen LogP) is 1.24. The van der Waals surface area contributed by atoms with Gasteiger partial charge in [0.1, 0.15) is 0 Å². The smallest absolute Gasteiger partial charge is 0.248 e. The fourth-order valence-electron chi connectivity index (χ4n) is 2.98. The van der Waals surface area contributed by atoms with Gasteiger partial charge in [0.2, 0.25) is 17.7 Å². The summed E-state index contributed by atoms with van der Waals surface area (Å²) in [6, 6.07) is 6.66. The normalized spacial score (nSPS) is 24.3. The van der Waals surface area contributed by atoms with E-state index in [-0.39, 0.29) is 30.2 Å². The van der Waals surface area contributed by atoms with Gasteiger partial charge in [-0.3, -0.25) is 19.3 Å². The Labute approximate surface area is 122 Å². The molecule has 3 amide bonds. The molecule has 108 valence electrons. The van der Waals surface area contributed by atoms with Gasteiger partial charge in [0.15, 0.2) is 0 Å². The number of benzene rings is 1. The lowest BCUT2D eigenvalue weighted by atomic mass is 9.85. The van der Waals surface area contributed by atoms with Gasteiger partial charge in [0, 0.05) is 5.56 Å². The Hall–Kier alpha value is -2.43. The maximum absolute atomic E-state index is 12.3. The van der Waals surface area contributed by atoms with Crippen LogP contribution in [0, 0.1) is 11.8 Å². The van der Waals surface area contributed by atoms with Crippen LogP contribution in [0.5, 0.6) is 0 Å². The average molecular weight is 284 g/mol. The molecule has 0 unspecified atom stereocenters. The number of hydrogen-bond acceptors (Lipinski definition) is 3. The molecule has 1 fully saturated rings. The number of primary amides is 1. The number of likely N-dealkylation sites (tertiary alicyclic amines) is 1. The molecule has 0 bridgehead atoms. The minimum Gasteiger partial charge on any atom is -0.366 e. The summed E-state index contributed by atoms with van der Waals surface area (Å²) in [5.74, 6) is -1.08. The van der Waals surface area contributed by atoms with E-state index in [4.69, 9.17) is 5.73 Å². The molecule has 0 aromatic heterocycles. The number of hydrogen-bond donors (Lipinski definition) is 1. The zero-order valence-electron chi connectivity index (χ0n) is 11.5. The zero-order chi connectivity index (χ0) is 15.0. The number of carbonyl (C=O) groups is 3. The lowest BCUT2D eigenvalue weighted by molar-refractivity contribution is -0.140. The van der Waals surface area contributed by atoms with Crippen molar-refractivity contribution in [2.75, 3.05) is 0 Å². The quantitative estimate of drug-likeness (QED) is 0.669. The van der Waals surface area contributed by atoms with Gasteiger partial charge in [-0.25, -0.2) is 0 Å². The molecule has 5 heteroatoms. The van der Waals surface area contributed by atoms with E-state index in [1.54, 1.807) is 24.3 Å². The summed E-state index contributed by atoms with van der Waals surface area (Å²) in [7, 11) is 0. The number of imide groups is 1. The maximum atomic E-state index is 12.3. The van der Waals surface area contributed by atoms with E-state index in [2.05, 4.69) is 0 Å². The van der Waals surface area contributed by atoms with Gasteiger partial charge in [0.05, 0.1) is 18.4 Å². The molecule has 3 rings (SSSR count). The van der Waals surface area contributed by atoms with Crippen molar-refractivity contribution in [2.24, 2.45) is 17.6 Å². The Morgan fingerprint density at radius 3 is 2.05 bits per heavy atom. The minimum atomic E-state index is -0.494. The first kappa shape index (κ1) is 13.5. The molecule has 1 aliphatic carbocycles. The van der Waals surface area contributed by atoms with Crippen molar-refractivity contribution in [3.05, 3.63) is 47.5 Å². The molecule has 5 nitrogen and oxygen atoms in total. The molecule has 21 heavy (non-hydrogen) atoms. The van der Waals surface area contributed by atoms with Gasteiger partial charge < -0.3 is 5.73 Å². The molecule has 0 saturated carbocycles. The van der Waals surface area contributed by atoms with Crippen LogP contribution < -0.4 is 5.73 Å². The predicted molar refractivity (Wildman–Crippen MR) is 75.9 cm³/mol. The van der Waals surface area contributed by atoms with Gasteiger partial charge in [-0.2, -0.15) is 0 Å². The maximum Gasteiger partial charge on any atom is 0.248 e. The summed E-state index contributed by atoms with van der Waals surface area (Å²) in [5, 5.41) is 0. The van der Waals surface area contributed by atoms with E-state index in [0.29, 0.717) is 18.4 Å². The Bertz CT molecular complexity index is 607. The minimum absolute atomic E-state index is 0.0895. The third kappa shape index (κ3) is 2.35. The summed E-state index contributed by atoms with van der Waals surface area (Å²) in [6.45, 7) is 0.254. The second-order valence-corrected chi connectivity index (χ2v) is 5.48. The first-order valence-electron chi connectivity index (χ1n) is 6.97. The summed E-state index contributed by atoms with van der Waals surface area (Å²) in [5.41, 5.74) is 6.41. The number of nitrogens with two attached hydrogens (primary N) is 1. The van der Waals surface area contributed by atoms with Crippen LogP contribution in [0.15, 0.2) is 36.4 Å². The lowest BCUT2D eigenvalue weighted by Crippen LogP contribution is -2.30. The second kappa shape index (κ2) is 5.16. The molecule has 1 aromatic carbocycles. The summed E-state index contributed by atoms with van der Waals surface area (Å²) in [4.78, 5) is 37.0. The number of nitrogens with zero attached hydrogens (tertiary/aromatic N) is 1. The van der Waals surface area contributed by atoms with Crippen LogP contribution in [-0.4, -0.2) is 22.6 Å². The first-order chi connectivity index (χ1) is 10.1. The summed E-state index contributed by atoms with van der Waals surface area (Å²) in [6.07, 6.45) is 5.23. The second-order valence-electron chi connectivity index (χ2n) is 5.48. The van der Waals surface area contributed by atoms with Crippen LogP contribution >= 0.6 is 0 Å². The molecular weight excluding hydrogens is 268 g/mol. The highest BCUT2D eigenvalue weighted by Gasteiger charge is 2.46. The highest BCUT2D eigenvalue weighted by Crippen LogP contribution is 2.35. The molecule has 1 aliphatic heterocycles. The van der Waals surface area contributed by atoms with Crippen molar-refractivity contribution in [1.29, 1.82) is 0 Å². The van der Waals surface area contributed by atoms with Crippen molar-refractivity contribution < 1.29 is 14.4 Å². The van der Waals surface area contributed by atoms with Gasteiger partial charge >= 0.3 is 0 Å². The summed E-state index contributed by atoms with van der Waals surface area (Å²) >= 11 is 0. The van der Waals surface area contributed by atoms with Gasteiger partial charge in [-0.15, -0.1) is 0 Å². The molecule has 1 heterocycles. The van der Waals surface area contributed by atoms with Crippen LogP contribution in [0.2, 0.25) is 0 Å². The van der Waals surface area contributed by atoms with E-state index in [1.165, 1.54) is 4.90 Å². The molecule has 1 aromatic rings. The zero-order valence-corrected chi connectivity index (χ0v) is 11.5. The Balaban J connectivity index is 1.77. The monoisotopic (exact) mass is 284 g/mol. The Morgan fingerprint density at radius 2 is 1.57 bits per heavy atom. The highest BCUT2D eigenvalue weighted by atomic mass is 16.2. The molecule has 2 aliphatic rings. The van der Waals surface area contributed by atoms with Crippen LogP contribution in [0.1, 0.15) is 28.8 Å². The van der Waals surface area contributed by atoms with Crippen LogP contribution in [0.4, 0.5) is 0 Å². The number of amides is 3. The standard InChI is InChI=1S/C16H16N2O3/c17-14(19)11-7-5-10(6-8-11)9-18-15(20)12-3-1-2-4-13(12)16(18)21/h1-2,5-8,12-13H,3-4,9H2,(H2,17,19)/t12-,13-/m0/s1. The number of rotatable bonds is 3. The van der Waals surface area contributed by atoms with Crippen LogP contribution in [0.25, 0.3) is 0 Å². The molecule has 1 saturated heterocycles. The largest absolute Gasteiger partial charge is 0.366 e. The van der Waals surface area contributed by atoms with E-state index >= 15 is 0 Å². The van der Waals surface area contributed by atoms with Gasteiger partial charge in [-0.05, 0) is 30.5 Å². The SMILES string of the molecule is NC(=O)c1ccc(CN2C(=O)[C@H]3CC=CC[C@@H]3C2=O)cc1. The fourth-order valence-corrected chi connectivity index (χ4v) is 2.98. The van der Waals surface area contributed by atoms with Crippen molar-refractivity contribution in [3.63, 3.8) is 0 Å². The fraction of sp³-hybridized carbons (Fsp3) is 0.312. The van der Waals surface area contributed by atoms with Crippen molar-refractivity contribution in [2.45, 2.75) is 19.4 Å². The van der Waals surface area contributed by atoms with Gasteiger partial charge in [-0.1, -0.05) is 24.3 Å². The first-order valence-corrected chi connectivity index (χ1v) is 6.97. The van der Waals surface area contributed by atoms with Crippen molar-refractivity contribution >= 4 is 17.7 Å². The Kier molecular flexibility index (Phi) is 3.33. The molecular formula is C16H16N2O3. The van der Waals surface area contributed by atoms with E-state index in [1.807, 2.05) is 12.2 Å². The van der Waals surface area contributed by atoms with E-state index < -0.39 is 5.91 Å². The molecule has 0 spiro atoms. The average Bonchev–Trinajstić information content (AvgIpc) is 2.73. The third-order valence-electron chi connectivity index (χ3n) is 4.18. The molecule has 2 N–H and O–H groups in total.